The maximum atomic E-state index is 13.1. The van der Waals surface area contributed by atoms with Crippen LogP contribution in [0.25, 0.3) is 11.2 Å². The number of anilines is 2. The van der Waals surface area contributed by atoms with E-state index in [1.807, 2.05) is 0 Å². The molecule has 4 rings (SSSR count). The molecule has 2 amide bonds. The summed E-state index contributed by atoms with van der Waals surface area (Å²) in [5.74, 6) is -0.641. The number of carbonyl (C=O) groups is 2. The number of rotatable bonds is 10. The lowest BCUT2D eigenvalue weighted by Crippen LogP contribution is -2.25. The Morgan fingerprint density at radius 3 is 2.64 bits per heavy atom. The summed E-state index contributed by atoms with van der Waals surface area (Å²) in [5.41, 5.74) is 8.96. The second-order valence-corrected chi connectivity index (χ2v) is 8.21. The number of pyridine rings is 1. The van der Waals surface area contributed by atoms with Gasteiger partial charge in [-0.25, -0.2) is 14.4 Å². The van der Waals surface area contributed by atoms with Crippen molar-refractivity contribution in [3.63, 3.8) is 0 Å². The van der Waals surface area contributed by atoms with Crippen molar-refractivity contribution in [2.45, 2.75) is 19.4 Å². The predicted octanol–water partition coefficient (Wildman–Crippen LogP) is 3.41. The lowest BCUT2D eigenvalue weighted by Gasteiger charge is -2.10. The van der Waals surface area contributed by atoms with Crippen LogP contribution in [0.1, 0.15) is 32.7 Å². The maximum absolute atomic E-state index is 13.1. The van der Waals surface area contributed by atoms with Gasteiger partial charge in [-0.15, -0.1) is 0 Å². The number of aromatic nitrogens is 3. The summed E-state index contributed by atoms with van der Waals surface area (Å²) in [6, 6.07) is 14.4. The third kappa shape index (κ3) is 6.02. The molecule has 36 heavy (non-hydrogen) atoms. The van der Waals surface area contributed by atoms with E-state index >= 15 is 0 Å². The Bertz CT molecular complexity index is 1370. The van der Waals surface area contributed by atoms with Crippen LogP contribution in [0.15, 0.2) is 60.8 Å². The summed E-state index contributed by atoms with van der Waals surface area (Å²) in [4.78, 5) is 34.5. The highest BCUT2D eigenvalue weighted by Crippen LogP contribution is 2.21. The first-order valence-electron chi connectivity index (χ1n) is 11.5. The molecule has 0 fully saturated rings. The normalized spacial score (nSPS) is 10.9. The number of nitrogen functional groups attached to an aromatic ring is 1. The summed E-state index contributed by atoms with van der Waals surface area (Å²) in [6.45, 7) is 1.42. The molecule has 0 aliphatic rings. The van der Waals surface area contributed by atoms with Crippen LogP contribution in [0.3, 0.4) is 0 Å². The van der Waals surface area contributed by atoms with E-state index in [0.29, 0.717) is 66.5 Å². The zero-order valence-corrected chi connectivity index (χ0v) is 19.8. The molecule has 0 aliphatic heterocycles. The third-order valence-corrected chi connectivity index (χ3v) is 5.56. The van der Waals surface area contributed by atoms with E-state index in [4.69, 9.17) is 10.5 Å². The van der Waals surface area contributed by atoms with Gasteiger partial charge in [0, 0.05) is 44.3 Å². The highest BCUT2D eigenvalue weighted by Gasteiger charge is 2.17. The Labute approximate surface area is 207 Å². The van der Waals surface area contributed by atoms with Gasteiger partial charge >= 0.3 is 0 Å². The molecule has 10 heteroatoms. The SMILES string of the molecule is COCCCn1c(NC(=O)c2cccc(N)c2)nc2cc(C(=O)NCCc3ccc(F)cc3)cnc21. The fraction of sp³-hybridized carbons (Fsp3) is 0.231. The monoisotopic (exact) mass is 490 g/mol. The molecule has 4 aromatic rings. The Balaban J connectivity index is 1.52. The second-order valence-electron chi connectivity index (χ2n) is 8.21. The number of carbonyl (C=O) groups excluding carboxylic acids is 2. The van der Waals surface area contributed by atoms with Crippen LogP contribution < -0.4 is 16.4 Å². The summed E-state index contributed by atoms with van der Waals surface area (Å²) in [6.07, 6.45) is 2.72. The van der Waals surface area contributed by atoms with Crippen molar-refractivity contribution in [3.05, 3.63) is 83.3 Å². The highest BCUT2D eigenvalue weighted by molar-refractivity contribution is 6.04. The van der Waals surface area contributed by atoms with Gasteiger partial charge in [0.05, 0.1) is 5.56 Å². The Morgan fingerprint density at radius 1 is 1.08 bits per heavy atom. The molecule has 9 nitrogen and oxygen atoms in total. The molecule has 4 N–H and O–H groups in total. The van der Waals surface area contributed by atoms with Gasteiger partial charge in [0.25, 0.3) is 11.8 Å². The van der Waals surface area contributed by atoms with Gasteiger partial charge in [-0.1, -0.05) is 18.2 Å². The first-order chi connectivity index (χ1) is 17.4. The molecule has 0 unspecified atom stereocenters. The minimum atomic E-state index is -0.357. The summed E-state index contributed by atoms with van der Waals surface area (Å²) < 4.78 is 20.0. The molecule has 0 spiro atoms. The van der Waals surface area contributed by atoms with Gasteiger partial charge in [-0.3, -0.25) is 19.5 Å². The fourth-order valence-corrected chi connectivity index (χ4v) is 3.74. The van der Waals surface area contributed by atoms with Crippen molar-refractivity contribution >= 4 is 34.6 Å². The number of ether oxygens (including phenoxy) is 1. The van der Waals surface area contributed by atoms with E-state index in [2.05, 4.69) is 20.6 Å². The highest BCUT2D eigenvalue weighted by atomic mass is 19.1. The number of imidazole rings is 1. The van der Waals surface area contributed by atoms with Crippen LogP contribution in [0.5, 0.6) is 0 Å². The maximum Gasteiger partial charge on any atom is 0.258 e. The first-order valence-corrected chi connectivity index (χ1v) is 11.5. The van der Waals surface area contributed by atoms with Crippen LogP contribution in [0, 0.1) is 5.82 Å². The standard InChI is InChI=1S/C26H27FN6O3/c1-36-13-3-12-33-23-22(31-26(33)32-25(35)18-4-2-5-21(28)14-18)15-19(16-30-23)24(34)29-11-10-17-6-8-20(27)9-7-17/h2,4-9,14-16H,3,10-13,28H2,1H3,(H,29,34)(H,31,32,35). The summed E-state index contributed by atoms with van der Waals surface area (Å²) in [5, 5.41) is 5.67. The van der Waals surface area contributed by atoms with Gasteiger partial charge < -0.3 is 15.8 Å². The molecule has 2 aromatic carbocycles. The quantitative estimate of drug-likeness (QED) is 0.231. The van der Waals surface area contributed by atoms with Gasteiger partial charge in [0.2, 0.25) is 5.95 Å². The van der Waals surface area contributed by atoms with Crippen LogP contribution in [0.2, 0.25) is 0 Å². The molecule has 0 aliphatic carbocycles. The predicted molar refractivity (Wildman–Crippen MR) is 135 cm³/mol. The van der Waals surface area contributed by atoms with E-state index in [9.17, 15) is 14.0 Å². The smallest absolute Gasteiger partial charge is 0.258 e. The van der Waals surface area contributed by atoms with Crippen molar-refractivity contribution in [2.24, 2.45) is 0 Å². The zero-order chi connectivity index (χ0) is 25.5. The van der Waals surface area contributed by atoms with Crippen molar-refractivity contribution in [3.8, 4) is 0 Å². The number of hydrogen-bond donors (Lipinski definition) is 3. The number of methoxy groups -OCH3 is 1. The minimum absolute atomic E-state index is 0.299. The number of benzene rings is 2. The molecule has 0 atom stereocenters. The topological polar surface area (TPSA) is 124 Å². The molecule has 0 bridgehead atoms. The zero-order valence-electron chi connectivity index (χ0n) is 19.8. The van der Waals surface area contributed by atoms with Crippen LogP contribution in [-0.2, 0) is 17.7 Å². The van der Waals surface area contributed by atoms with Gasteiger partial charge in [-0.05, 0) is 54.8 Å². The van der Waals surface area contributed by atoms with Crippen molar-refractivity contribution < 1.29 is 18.7 Å². The average Bonchev–Trinajstić information content (AvgIpc) is 3.21. The number of nitrogens with one attached hydrogen (secondary N) is 2. The largest absolute Gasteiger partial charge is 0.399 e. The number of aryl methyl sites for hydroxylation is 1. The van der Waals surface area contributed by atoms with Crippen molar-refractivity contribution in [1.82, 2.24) is 19.9 Å². The number of nitrogens with zero attached hydrogens (tertiary/aromatic N) is 3. The summed E-state index contributed by atoms with van der Waals surface area (Å²) >= 11 is 0. The molecule has 0 saturated carbocycles. The number of amides is 2. The molecule has 0 saturated heterocycles. The van der Waals surface area contributed by atoms with E-state index in [-0.39, 0.29) is 17.6 Å². The van der Waals surface area contributed by atoms with E-state index in [1.165, 1.54) is 18.3 Å². The van der Waals surface area contributed by atoms with Gasteiger partial charge in [0.15, 0.2) is 5.65 Å². The molecule has 2 aromatic heterocycles. The molecule has 2 heterocycles. The van der Waals surface area contributed by atoms with Crippen LogP contribution in [-0.4, -0.2) is 46.6 Å². The van der Waals surface area contributed by atoms with Crippen LogP contribution in [0.4, 0.5) is 16.0 Å². The van der Waals surface area contributed by atoms with E-state index < -0.39 is 0 Å². The molecular weight excluding hydrogens is 463 g/mol. The molecular formula is C26H27FN6O3. The number of fused-ring (bicyclic) bond motifs is 1. The Hall–Kier alpha value is -4.31. The third-order valence-electron chi connectivity index (χ3n) is 5.56. The first kappa shape index (κ1) is 24.8. The van der Waals surface area contributed by atoms with E-state index in [1.54, 1.807) is 54.1 Å². The molecule has 186 valence electrons. The fourth-order valence-electron chi connectivity index (χ4n) is 3.74. The second kappa shape index (κ2) is 11.4. The number of halogens is 1. The lowest BCUT2D eigenvalue weighted by molar-refractivity contribution is 0.0953. The molecule has 0 radical (unpaired) electrons. The van der Waals surface area contributed by atoms with Crippen molar-refractivity contribution in [2.75, 3.05) is 31.3 Å². The Kier molecular flexibility index (Phi) is 7.86. The average molecular weight is 491 g/mol. The Morgan fingerprint density at radius 2 is 1.89 bits per heavy atom. The van der Waals surface area contributed by atoms with Gasteiger partial charge in [-0.2, -0.15) is 0 Å². The number of hydrogen-bond acceptors (Lipinski definition) is 6. The summed E-state index contributed by atoms with van der Waals surface area (Å²) in [7, 11) is 1.62. The van der Waals surface area contributed by atoms with E-state index in [0.717, 1.165) is 5.56 Å². The van der Waals surface area contributed by atoms with Crippen molar-refractivity contribution in [1.29, 1.82) is 0 Å². The van der Waals surface area contributed by atoms with Gasteiger partial charge in [0.1, 0.15) is 11.3 Å². The lowest BCUT2D eigenvalue weighted by atomic mass is 10.1. The number of nitrogens with two attached hydrogens (primary N) is 1. The minimum Gasteiger partial charge on any atom is -0.399 e. The van der Waals surface area contributed by atoms with Crippen LogP contribution >= 0.6 is 0 Å².